The van der Waals surface area contributed by atoms with Crippen LogP contribution in [0, 0.1) is 18.6 Å². The molecule has 0 radical (unpaired) electrons. The highest BCUT2D eigenvalue weighted by Gasteiger charge is 2.21. The van der Waals surface area contributed by atoms with Crippen LogP contribution in [-0.2, 0) is 4.74 Å². The van der Waals surface area contributed by atoms with E-state index in [2.05, 4.69) is 9.97 Å². The van der Waals surface area contributed by atoms with Gasteiger partial charge in [0.15, 0.2) is 4.77 Å². The number of hydrogen-bond donors (Lipinski definition) is 1. The topological polar surface area (TPSA) is 55.0 Å². The molecule has 0 fully saturated rings. The standard InChI is InChI=1S/C11H16N2O2S/c1-6-8(7(2)13-10(16)12-6)9(14)15-11(3,4)5/h1-5H3,(H,12,13,16). The van der Waals surface area contributed by atoms with Gasteiger partial charge in [0.2, 0.25) is 0 Å². The van der Waals surface area contributed by atoms with Crippen molar-refractivity contribution in [1.82, 2.24) is 9.97 Å². The minimum Gasteiger partial charge on any atom is -0.456 e. The Bertz CT molecular complexity index is 446. The highest BCUT2D eigenvalue weighted by molar-refractivity contribution is 7.71. The number of H-pyrrole nitrogens is 1. The highest BCUT2D eigenvalue weighted by Crippen LogP contribution is 2.15. The number of aromatic nitrogens is 2. The molecule has 1 aromatic heterocycles. The molecule has 0 spiro atoms. The van der Waals surface area contributed by atoms with Crippen LogP contribution in [-0.4, -0.2) is 21.5 Å². The van der Waals surface area contributed by atoms with Gasteiger partial charge in [-0.1, -0.05) is 0 Å². The van der Waals surface area contributed by atoms with Gasteiger partial charge >= 0.3 is 5.97 Å². The van der Waals surface area contributed by atoms with Gasteiger partial charge in [0.1, 0.15) is 5.60 Å². The molecule has 0 bridgehead atoms. The predicted octanol–water partition coefficient (Wildman–Crippen LogP) is 2.71. The first kappa shape index (κ1) is 12.8. The van der Waals surface area contributed by atoms with Gasteiger partial charge in [-0.2, -0.15) is 0 Å². The SMILES string of the molecule is Cc1nc(=S)[nH]c(C)c1C(=O)OC(C)(C)C. The summed E-state index contributed by atoms with van der Waals surface area (Å²) in [5, 5.41) is 0. The van der Waals surface area contributed by atoms with E-state index in [-0.39, 0.29) is 5.97 Å². The third-order valence-corrected chi connectivity index (χ3v) is 2.10. The summed E-state index contributed by atoms with van der Waals surface area (Å²) in [6.07, 6.45) is 0. The largest absolute Gasteiger partial charge is 0.456 e. The Morgan fingerprint density at radius 3 is 2.38 bits per heavy atom. The van der Waals surface area contributed by atoms with E-state index in [1.165, 1.54) is 0 Å². The lowest BCUT2D eigenvalue weighted by molar-refractivity contribution is 0.00668. The average Bonchev–Trinajstić information content (AvgIpc) is 1.96. The number of nitrogens with zero attached hydrogens (tertiary/aromatic N) is 1. The number of aromatic amines is 1. The van der Waals surface area contributed by atoms with Crippen LogP contribution in [0.2, 0.25) is 0 Å². The van der Waals surface area contributed by atoms with Crippen LogP contribution in [0.25, 0.3) is 0 Å². The first-order valence-electron chi connectivity index (χ1n) is 5.01. The van der Waals surface area contributed by atoms with Crippen LogP contribution in [0.3, 0.4) is 0 Å². The third kappa shape index (κ3) is 3.13. The molecule has 5 heteroatoms. The van der Waals surface area contributed by atoms with Gasteiger partial charge < -0.3 is 9.72 Å². The molecule has 0 aliphatic rings. The van der Waals surface area contributed by atoms with Gasteiger partial charge in [-0.05, 0) is 46.8 Å². The molecule has 0 unspecified atom stereocenters. The number of carbonyl (C=O) groups excluding carboxylic acids is 1. The summed E-state index contributed by atoms with van der Waals surface area (Å²) in [5.74, 6) is -0.374. The molecule has 1 N–H and O–H groups in total. The quantitative estimate of drug-likeness (QED) is 0.605. The van der Waals surface area contributed by atoms with E-state index in [0.717, 1.165) is 0 Å². The smallest absolute Gasteiger partial charge is 0.342 e. The van der Waals surface area contributed by atoms with Crippen LogP contribution >= 0.6 is 12.2 Å². The number of nitrogens with one attached hydrogen (secondary N) is 1. The van der Waals surface area contributed by atoms with Crippen molar-refractivity contribution in [2.75, 3.05) is 0 Å². The molecule has 0 aliphatic heterocycles. The molecule has 0 saturated heterocycles. The molecule has 0 atom stereocenters. The maximum atomic E-state index is 11.9. The predicted molar refractivity (Wildman–Crippen MR) is 64.1 cm³/mol. The Labute approximate surface area is 100 Å². The molecule has 16 heavy (non-hydrogen) atoms. The second-order valence-corrected chi connectivity index (χ2v) is 5.02. The maximum absolute atomic E-state index is 11.9. The number of rotatable bonds is 1. The molecular formula is C11H16N2O2S. The first-order valence-corrected chi connectivity index (χ1v) is 5.42. The Morgan fingerprint density at radius 1 is 1.38 bits per heavy atom. The maximum Gasteiger partial charge on any atom is 0.342 e. The molecule has 88 valence electrons. The van der Waals surface area contributed by atoms with Gasteiger partial charge in [0.05, 0.1) is 11.3 Å². The van der Waals surface area contributed by atoms with Crippen LogP contribution < -0.4 is 0 Å². The van der Waals surface area contributed by atoms with Crippen LogP contribution in [0.1, 0.15) is 42.5 Å². The van der Waals surface area contributed by atoms with Crippen molar-refractivity contribution in [3.8, 4) is 0 Å². The fourth-order valence-electron chi connectivity index (χ4n) is 1.36. The number of ether oxygens (including phenoxy) is 1. The number of carbonyl (C=O) groups is 1. The molecule has 0 saturated carbocycles. The van der Waals surface area contributed by atoms with Crippen LogP contribution in [0.4, 0.5) is 0 Å². The van der Waals surface area contributed by atoms with Gasteiger partial charge in [0.25, 0.3) is 0 Å². The molecular weight excluding hydrogens is 224 g/mol. The second-order valence-electron chi connectivity index (χ2n) is 4.63. The lowest BCUT2D eigenvalue weighted by Crippen LogP contribution is -2.25. The van der Waals surface area contributed by atoms with Crippen LogP contribution in [0.5, 0.6) is 0 Å². The summed E-state index contributed by atoms with van der Waals surface area (Å²) < 4.78 is 5.67. The summed E-state index contributed by atoms with van der Waals surface area (Å²) in [6, 6.07) is 0. The minimum absolute atomic E-state index is 0.374. The van der Waals surface area contributed by atoms with E-state index >= 15 is 0 Å². The van der Waals surface area contributed by atoms with Crippen molar-refractivity contribution in [2.24, 2.45) is 0 Å². The summed E-state index contributed by atoms with van der Waals surface area (Å²) in [4.78, 5) is 18.8. The van der Waals surface area contributed by atoms with E-state index < -0.39 is 5.60 Å². The van der Waals surface area contributed by atoms with E-state index in [9.17, 15) is 4.79 Å². The fourth-order valence-corrected chi connectivity index (χ4v) is 1.65. The zero-order valence-electron chi connectivity index (χ0n) is 10.2. The first-order chi connectivity index (χ1) is 7.20. The van der Waals surface area contributed by atoms with E-state index in [1.54, 1.807) is 13.8 Å². The normalized spacial score (nSPS) is 11.3. The van der Waals surface area contributed by atoms with Gasteiger partial charge in [-0.3, -0.25) is 0 Å². The molecule has 1 rings (SSSR count). The van der Waals surface area contributed by atoms with Gasteiger partial charge in [0, 0.05) is 5.69 Å². The molecule has 4 nitrogen and oxygen atoms in total. The van der Waals surface area contributed by atoms with Crippen molar-refractivity contribution in [1.29, 1.82) is 0 Å². The number of esters is 1. The molecule has 0 aliphatic carbocycles. The highest BCUT2D eigenvalue weighted by atomic mass is 32.1. The average molecular weight is 240 g/mol. The monoisotopic (exact) mass is 240 g/mol. The van der Waals surface area contributed by atoms with Gasteiger partial charge in [-0.15, -0.1) is 0 Å². The van der Waals surface area contributed by atoms with Crippen molar-refractivity contribution < 1.29 is 9.53 Å². The summed E-state index contributed by atoms with van der Waals surface area (Å²) in [7, 11) is 0. The van der Waals surface area contributed by atoms with Crippen LogP contribution in [0.15, 0.2) is 0 Å². The summed E-state index contributed by atoms with van der Waals surface area (Å²) in [6.45, 7) is 9.01. The molecule has 1 heterocycles. The lowest BCUT2D eigenvalue weighted by Gasteiger charge is -2.20. The Morgan fingerprint density at radius 2 is 1.94 bits per heavy atom. The molecule has 0 amide bonds. The molecule has 0 aromatic carbocycles. The Balaban J connectivity index is 3.15. The Kier molecular flexibility index (Phi) is 3.48. The fraction of sp³-hybridized carbons (Fsp3) is 0.545. The second kappa shape index (κ2) is 4.33. The zero-order valence-corrected chi connectivity index (χ0v) is 11.0. The third-order valence-electron chi connectivity index (χ3n) is 1.90. The molecule has 1 aromatic rings. The van der Waals surface area contributed by atoms with Crippen molar-refractivity contribution in [2.45, 2.75) is 40.2 Å². The van der Waals surface area contributed by atoms with E-state index in [0.29, 0.717) is 21.7 Å². The zero-order chi connectivity index (χ0) is 12.5. The Hall–Kier alpha value is -1.23. The number of aryl methyl sites for hydroxylation is 2. The van der Waals surface area contributed by atoms with Crippen molar-refractivity contribution >= 4 is 18.2 Å². The van der Waals surface area contributed by atoms with E-state index in [4.69, 9.17) is 17.0 Å². The van der Waals surface area contributed by atoms with E-state index in [1.807, 2.05) is 20.8 Å². The van der Waals surface area contributed by atoms with Gasteiger partial charge in [-0.25, -0.2) is 9.78 Å². The summed E-state index contributed by atoms with van der Waals surface area (Å²) in [5.41, 5.74) is 1.23. The minimum atomic E-state index is -0.511. The van der Waals surface area contributed by atoms with Crippen molar-refractivity contribution in [3.05, 3.63) is 21.7 Å². The number of hydrogen-bond acceptors (Lipinski definition) is 4. The van der Waals surface area contributed by atoms with Crippen molar-refractivity contribution in [3.63, 3.8) is 0 Å². The lowest BCUT2D eigenvalue weighted by atomic mass is 10.1. The summed E-state index contributed by atoms with van der Waals surface area (Å²) >= 11 is 4.92.